The van der Waals surface area contributed by atoms with Crippen molar-refractivity contribution in [3.63, 3.8) is 0 Å². The molecule has 3 aliphatic rings. The number of aromatic nitrogens is 3. The molecule has 0 saturated heterocycles. The number of carbonyl (C=O) groups is 1. The van der Waals surface area contributed by atoms with Crippen LogP contribution >= 0.6 is 0 Å². The number of rotatable bonds is 5. The summed E-state index contributed by atoms with van der Waals surface area (Å²) < 4.78 is 0. The first-order chi connectivity index (χ1) is 12.3. The van der Waals surface area contributed by atoms with E-state index in [-0.39, 0.29) is 5.91 Å². The molecule has 2 aromatic heterocycles. The fraction of sp³-hybridized carbons (Fsp3) is 0.650. The molecule has 0 aromatic carbocycles. The maximum absolute atomic E-state index is 13.0. The van der Waals surface area contributed by atoms with Crippen LogP contribution < -0.4 is 5.32 Å². The molecule has 0 bridgehead atoms. The van der Waals surface area contributed by atoms with Crippen LogP contribution in [-0.4, -0.2) is 26.9 Å². The van der Waals surface area contributed by atoms with Gasteiger partial charge in [-0.3, -0.25) is 4.79 Å². The Morgan fingerprint density at radius 3 is 2.56 bits per heavy atom. The van der Waals surface area contributed by atoms with E-state index in [1.807, 2.05) is 6.20 Å². The van der Waals surface area contributed by atoms with E-state index in [1.54, 1.807) is 6.20 Å². The van der Waals surface area contributed by atoms with Crippen molar-refractivity contribution in [1.82, 2.24) is 20.3 Å². The summed E-state index contributed by atoms with van der Waals surface area (Å²) in [7, 11) is 0. The zero-order valence-corrected chi connectivity index (χ0v) is 14.6. The molecule has 0 aliphatic heterocycles. The van der Waals surface area contributed by atoms with Crippen molar-refractivity contribution >= 4 is 17.1 Å². The van der Waals surface area contributed by atoms with E-state index in [2.05, 4.69) is 15.3 Å². The highest BCUT2D eigenvalue weighted by Gasteiger charge is 2.38. The largest absolute Gasteiger partial charge is 0.349 e. The first kappa shape index (κ1) is 15.4. The average Bonchev–Trinajstić information content (AvgIpc) is 3.56. The number of carbonyl (C=O) groups excluding carboxylic acids is 1. The molecule has 3 aliphatic carbocycles. The van der Waals surface area contributed by atoms with Crippen LogP contribution in [0.5, 0.6) is 0 Å². The lowest BCUT2D eigenvalue weighted by molar-refractivity contribution is 0.0905. The van der Waals surface area contributed by atoms with Crippen molar-refractivity contribution in [2.45, 2.75) is 69.7 Å². The van der Waals surface area contributed by atoms with Crippen LogP contribution in [0, 0.1) is 11.8 Å². The number of fused-ring (bicyclic) bond motifs is 1. The second-order valence-electron chi connectivity index (χ2n) is 8.20. The average molecular weight is 338 g/mol. The molecule has 5 nitrogen and oxygen atoms in total. The molecule has 1 amide bonds. The van der Waals surface area contributed by atoms with E-state index < -0.39 is 0 Å². The van der Waals surface area contributed by atoms with Crippen LogP contribution in [-0.2, 0) is 0 Å². The zero-order valence-electron chi connectivity index (χ0n) is 14.6. The summed E-state index contributed by atoms with van der Waals surface area (Å²) in [5, 5.41) is 3.38. The van der Waals surface area contributed by atoms with Crippen LogP contribution in [0.1, 0.15) is 79.8 Å². The molecule has 3 fully saturated rings. The van der Waals surface area contributed by atoms with E-state index in [0.29, 0.717) is 29.4 Å². The maximum atomic E-state index is 13.0. The molecular formula is C20H26N4O. The van der Waals surface area contributed by atoms with Gasteiger partial charge in [-0.05, 0) is 50.4 Å². The van der Waals surface area contributed by atoms with E-state index in [4.69, 9.17) is 4.98 Å². The molecule has 25 heavy (non-hydrogen) atoms. The maximum Gasteiger partial charge on any atom is 0.255 e. The van der Waals surface area contributed by atoms with Gasteiger partial charge in [0.05, 0.1) is 17.5 Å². The van der Waals surface area contributed by atoms with Gasteiger partial charge in [0, 0.05) is 18.2 Å². The molecule has 5 rings (SSSR count). The molecule has 132 valence electrons. The highest BCUT2D eigenvalue weighted by Crippen LogP contribution is 2.41. The van der Waals surface area contributed by atoms with Crippen LogP contribution in [0.2, 0.25) is 0 Å². The molecular weight excluding hydrogens is 312 g/mol. The summed E-state index contributed by atoms with van der Waals surface area (Å²) >= 11 is 0. The van der Waals surface area contributed by atoms with Crippen molar-refractivity contribution in [3.05, 3.63) is 23.7 Å². The summed E-state index contributed by atoms with van der Waals surface area (Å²) in [6.07, 6.45) is 15.1. The van der Waals surface area contributed by atoms with Crippen LogP contribution in [0.25, 0.3) is 11.2 Å². The summed E-state index contributed by atoms with van der Waals surface area (Å²) in [5.41, 5.74) is 3.15. The van der Waals surface area contributed by atoms with Gasteiger partial charge in [0.15, 0.2) is 5.65 Å². The number of nitrogens with one attached hydrogen (secondary N) is 2. The smallest absolute Gasteiger partial charge is 0.255 e. The van der Waals surface area contributed by atoms with Crippen LogP contribution in [0.15, 0.2) is 12.4 Å². The summed E-state index contributed by atoms with van der Waals surface area (Å²) in [6.45, 7) is 0. The molecule has 2 heterocycles. The fourth-order valence-electron chi connectivity index (χ4n) is 4.45. The Morgan fingerprint density at radius 1 is 1.08 bits per heavy atom. The summed E-state index contributed by atoms with van der Waals surface area (Å²) in [6, 6.07) is 0.345. The van der Waals surface area contributed by atoms with Crippen molar-refractivity contribution in [2.75, 3.05) is 0 Å². The molecule has 5 heteroatoms. The predicted molar refractivity (Wildman–Crippen MR) is 96.4 cm³/mol. The van der Waals surface area contributed by atoms with Gasteiger partial charge >= 0.3 is 0 Å². The lowest BCUT2D eigenvalue weighted by Crippen LogP contribution is -2.42. The Bertz CT molecular complexity index is 784. The Labute approximate surface area is 148 Å². The van der Waals surface area contributed by atoms with Crippen molar-refractivity contribution in [2.24, 2.45) is 11.8 Å². The lowest BCUT2D eigenvalue weighted by Gasteiger charge is -2.31. The van der Waals surface area contributed by atoms with Gasteiger partial charge in [-0.1, -0.05) is 19.3 Å². The number of hydrogen-bond acceptors (Lipinski definition) is 3. The zero-order chi connectivity index (χ0) is 16.8. The van der Waals surface area contributed by atoms with Gasteiger partial charge in [-0.15, -0.1) is 0 Å². The monoisotopic (exact) mass is 338 g/mol. The van der Waals surface area contributed by atoms with Crippen LogP contribution in [0.4, 0.5) is 0 Å². The third-order valence-corrected chi connectivity index (χ3v) is 6.23. The summed E-state index contributed by atoms with van der Waals surface area (Å²) in [4.78, 5) is 25.3. The first-order valence-corrected chi connectivity index (χ1v) is 9.94. The number of hydrogen-bond donors (Lipinski definition) is 2. The van der Waals surface area contributed by atoms with Crippen molar-refractivity contribution in [3.8, 4) is 0 Å². The lowest BCUT2D eigenvalue weighted by atomic mass is 9.82. The van der Waals surface area contributed by atoms with Gasteiger partial charge in [0.25, 0.3) is 5.91 Å². The van der Waals surface area contributed by atoms with Crippen molar-refractivity contribution < 1.29 is 4.79 Å². The number of aromatic amines is 1. The van der Waals surface area contributed by atoms with Gasteiger partial charge in [-0.2, -0.15) is 0 Å². The van der Waals surface area contributed by atoms with Gasteiger partial charge in [0.1, 0.15) is 5.52 Å². The predicted octanol–water partition coefficient (Wildman–Crippen LogP) is 3.92. The third-order valence-electron chi connectivity index (χ3n) is 6.23. The minimum atomic E-state index is 0.0240. The molecule has 3 saturated carbocycles. The molecule has 2 aromatic rings. The molecule has 1 unspecified atom stereocenters. The standard InChI is InChI=1S/C20H26N4O/c25-20(24-17(14-8-9-14)13-4-2-1-3-5-13)15-10-21-19-18(15)23-16(11-22-19)12-6-7-12/h10-14,17H,1-9H2,(H,21,22)(H,24,25). The SMILES string of the molecule is O=C(NC(C1CCCCC1)C1CC1)c1c[nH]c2ncc(C3CC3)nc12. The Kier molecular flexibility index (Phi) is 3.75. The van der Waals surface area contributed by atoms with E-state index in [1.165, 1.54) is 57.8 Å². The van der Waals surface area contributed by atoms with Gasteiger partial charge in [-0.25, -0.2) is 9.97 Å². The van der Waals surface area contributed by atoms with Crippen LogP contribution in [0.3, 0.4) is 0 Å². The second-order valence-corrected chi connectivity index (χ2v) is 8.20. The molecule has 1 atom stereocenters. The topological polar surface area (TPSA) is 70.7 Å². The van der Waals surface area contributed by atoms with E-state index in [0.717, 1.165) is 16.9 Å². The second kappa shape index (κ2) is 6.11. The molecule has 2 N–H and O–H groups in total. The molecule has 0 spiro atoms. The number of H-pyrrole nitrogens is 1. The van der Waals surface area contributed by atoms with E-state index >= 15 is 0 Å². The Morgan fingerprint density at radius 2 is 1.84 bits per heavy atom. The van der Waals surface area contributed by atoms with Gasteiger partial charge < -0.3 is 10.3 Å². The van der Waals surface area contributed by atoms with E-state index in [9.17, 15) is 4.79 Å². The van der Waals surface area contributed by atoms with Gasteiger partial charge in [0.2, 0.25) is 0 Å². The quantitative estimate of drug-likeness (QED) is 0.868. The third kappa shape index (κ3) is 3.05. The first-order valence-electron chi connectivity index (χ1n) is 9.94. The Balaban J connectivity index is 1.39. The minimum Gasteiger partial charge on any atom is -0.349 e. The fourth-order valence-corrected chi connectivity index (χ4v) is 4.45. The number of amides is 1. The summed E-state index contributed by atoms with van der Waals surface area (Å²) in [5.74, 6) is 1.91. The highest BCUT2D eigenvalue weighted by molar-refractivity contribution is 6.04. The highest BCUT2D eigenvalue weighted by atomic mass is 16.1. The minimum absolute atomic E-state index is 0.0240. The van der Waals surface area contributed by atoms with Crippen molar-refractivity contribution in [1.29, 1.82) is 0 Å². The normalized spacial score (nSPS) is 22.9. The number of nitrogens with zero attached hydrogens (tertiary/aromatic N) is 2. The Hall–Kier alpha value is -1.91. The molecule has 0 radical (unpaired) electrons.